The van der Waals surface area contributed by atoms with Gasteiger partial charge in [-0.1, -0.05) is 12.1 Å². The number of hydrogen-bond donors (Lipinski definition) is 3. The standard InChI is InChI=1S/C43H50O16/c1-18-26(44)10-12-33(53-18)57-28-11-13-34(54-20(28)3)59-43(5,17-32(46)47)16-22-6-7-24-35(37(22)48)39(50)25-9-8-23(38(49)36(25)40(24)51)29-15-30-41(21(4)52-29)58-42-31(56-30)14-27(45)19(2)55-42/h6-9,18-21,28-31,33-34,41-42,48-49H,10-17H2,1-5H3,(H,46,47)/t18-,19-,20-,21+,28-,29+,30+,31?,33-,34-,41+,42?,43+/m0/s1. The van der Waals surface area contributed by atoms with Crippen LogP contribution in [0.25, 0.3) is 0 Å². The van der Waals surface area contributed by atoms with Gasteiger partial charge in [-0.25, -0.2) is 0 Å². The van der Waals surface area contributed by atoms with E-state index in [9.17, 15) is 39.3 Å². The molecule has 5 aliphatic heterocycles. The van der Waals surface area contributed by atoms with Crippen LogP contribution in [-0.2, 0) is 58.7 Å². The van der Waals surface area contributed by atoms with Gasteiger partial charge in [0.1, 0.15) is 35.9 Å². The molecule has 2 aromatic rings. The fraction of sp³-hybridized carbons (Fsp3) is 0.605. The van der Waals surface area contributed by atoms with Crippen LogP contribution in [0.2, 0.25) is 0 Å². The third-order valence-electron chi connectivity index (χ3n) is 12.4. The van der Waals surface area contributed by atoms with Crippen molar-refractivity contribution in [3.63, 3.8) is 0 Å². The minimum atomic E-state index is -1.42. The second kappa shape index (κ2) is 16.0. The number of carboxylic acid groups (broad SMARTS) is 1. The van der Waals surface area contributed by atoms with E-state index >= 15 is 0 Å². The van der Waals surface area contributed by atoms with E-state index in [0.29, 0.717) is 25.7 Å². The van der Waals surface area contributed by atoms with Crippen LogP contribution in [0.3, 0.4) is 0 Å². The summed E-state index contributed by atoms with van der Waals surface area (Å²) >= 11 is 0. The van der Waals surface area contributed by atoms with Crippen molar-refractivity contribution in [3.05, 3.63) is 57.6 Å². The van der Waals surface area contributed by atoms with Crippen LogP contribution in [0.1, 0.15) is 129 Å². The fourth-order valence-electron chi connectivity index (χ4n) is 9.27. The predicted octanol–water partition coefficient (Wildman–Crippen LogP) is 4.38. The van der Waals surface area contributed by atoms with Crippen molar-refractivity contribution in [2.24, 2.45) is 0 Å². The highest BCUT2D eigenvalue weighted by molar-refractivity contribution is 6.30. The molecule has 0 bridgehead atoms. The van der Waals surface area contributed by atoms with E-state index in [1.165, 1.54) is 24.3 Å². The lowest BCUT2D eigenvalue weighted by Crippen LogP contribution is -2.60. The number of aromatic hydroxyl groups is 2. The molecule has 5 saturated heterocycles. The number of rotatable bonds is 9. The van der Waals surface area contributed by atoms with Crippen LogP contribution in [0.15, 0.2) is 24.3 Å². The monoisotopic (exact) mass is 822 g/mol. The first kappa shape index (κ1) is 41.6. The molecule has 16 heteroatoms. The first-order valence-electron chi connectivity index (χ1n) is 20.3. The third kappa shape index (κ3) is 7.97. The molecule has 0 spiro atoms. The van der Waals surface area contributed by atoms with Gasteiger partial charge < -0.3 is 53.2 Å². The van der Waals surface area contributed by atoms with Crippen molar-refractivity contribution in [1.82, 2.24) is 0 Å². The van der Waals surface area contributed by atoms with E-state index in [2.05, 4.69) is 0 Å². The molecule has 16 nitrogen and oxygen atoms in total. The molecule has 59 heavy (non-hydrogen) atoms. The van der Waals surface area contributed by atoms with Gasteiger partial charge >= 0.3 is 5.97 Å². The zero-order valence-corrected chi connectivity index (χ0v) is 33.5. The summed E-state index contributed by atoms with van der Waals surface area (Å²) in [7, 11) is 0. The van der Waals surface area contributed by atoms with Crippen molar-refractivity contribution in [1.29, 1.82) is 0 Å². The molecule has 13 atom stereocenters. The number of fused-ring (bicyclic) bond motifs is 4. The van der Waals surface area contributed by atoms with Gasteiger partial charge in [-0.2, -0.15) is 0 Å². The second-order valence-electron chi connectivity index (χ2n) is 16.8. The Balaban J connectivity index is 0.974. The van der Waals surface area contributed by atoms with Crippen LogP contribution in [-0.4, -0.2) is 118 Å². The fourth-order valence-corrected chi connectivity index (χ4v) is 9.27. The summed E-state index contributed by atoms with van der Waals surface area (Å²) in [5.41, 5.74) is -1.71. The topological polar surface area (TPSA) is 220 Å². The maximum Gasteiger partial charge on any atom is 0.306 e. The lowest BCUT2D eigenvalue weighted by atomic mass is 9.79. The van der Waals surface area contributed by atoms with E-state index in [1.807, 2.05) is 6.92 Å². The normalized spacial score (nSPS) is 35.5. The molecule has 5 heterocycles. The summed E-state index contributed by atoms with van der Waals surface area (Å²) in [6, 6.07) is 5.75. The minimum absolute atomic E-state index is 0.0260. The van der Waals surface area contributed by atoms with Gasteiger partial charge in [0.25, 0.3) is 0 Å². The molecule has 0 saturated carbocycles. The SMILES string of the molecule is C[C@@H]1OC2O[C@@H]3[C@@H](C)O[C@@H](c4ccc5c(c4O)C(=O)c4ccc(C[C@](C)(CC(=O)O)O[C@H]6CC[C@H](O[C@H]7CCC(=O)[C@H](C)O7)[C@H](C)O6)c(O)c4C5=O)C[C@H]3OC2CC1=O. The van der Waals surface area contributed by atoms with E-state index in [1.54, 1.807) is 27.7 Å². The molecule has 1 aliphatic carbocycles. The Hall–Kier alpha value is -4.13. The number of phenolic OH excluding ortho intramolecular Hbond substituents is 2. The number of carbonyl (C=O) groups excluding carboxylic acids is 4. The van der Waals surface area contributed by atoms with Gasteiger partial charge in [0.2, 0.25) is 0 Å². The van der Waals surface area contributed by atoms with Gasteiger partial charge in [-0.15, -0.1) is 0 Å². The first-order chi connectivity index (χ1) is 28.0. The number of ether oxygens (including phenoxy) is 8. The molecule has 0 amide bonds. The van der Waals surface area contributed by atoms with Gasteiger partial charge in [0, 0.05) is 55.2 Å². The number of aliphatic carboxylic acids is 1. The van der Waals surface area contributed by atoms with Crippen LogP contribution in [0, 0.1) is 0 Å². The summed E-state index contributed by atoms with van der Waals surface area (Å²) < 4.78 is 48.7. The van der Waals surface area contributed by atoms with Crippen molar-refractivity contribution < 1.29 is 77.2 Å². The van der Waals surface area contributed by atoms with E-state index in [0.717, 1.165) is 0 Å². The third-order valence-corrected chi connectivity index (χ3v) is 12.4. The highest BCUT2D eigenvalue weighted by atomic mass is 16.7. The van der Waals surface area contributed by atoms with E-state index < -0.39 is 109 Å². The summed E-state index contributed by atoms with van der Waals surface area (Å²) in [6.45, 7) is 8.55. The molecule has 2 aromatic carbocycles. The molecule has 2 unspecified atom stereocenters. The van der Waals surface area contributed by atoms with E-state index in [-0.39, 0.29) is 70.3 Å². The number of benzene rings is 2. The van der Waals surface area contributed by atoms with Crippen molar-refractivity contribution in [2.45, 2.75) is 165 Å². The molecule has 6 aliphatic rings. The number of carboxylic acids is 1. The zero-order chi connectivity index (χ0) is 42.1. The Morgan fingerprint density at radius 2 is 1.46 bits per heavy atom. The van der Waals surface area contributed by atoms with Gasteiger partial charge in [0.05, 0.1) is 53.7 Å². The molecule has 3 N–H and O–H groups in total. The van der Waals surface area contributed by atoms with E-state index in [4.69, 9.17) is 37.9 Å². The van der Waals surface area contributed by atoms with Crippen LogP contribution in [0.4, 0.5) is 0 Å². The Kier molecular flexibility index (Phi) is 11.3. The Morgan fingerprint density at radius 3 is 2.15 bits per heavy atom. The largest absolute Gasteiger partial charge is 0.507 e. The number of ketones is 4. The van der Waals surface area contributed by atoms with Gasteiger partial charge in [-0.05, 0) is 58.7 Å². The van der Waals surface area contributed by atoms with Gasteiger partial charge in [-0.3, -0.25) is 24.0 Å². The van der Waals surface area contributed by atoms with Crippen LogP contribution >= 0.6 is 0 Å². The lowest BCUT2D eigenvalue weighted by molar-refractivity contribution is -0.347. The summed E-state index contributed by atoms with van der Waals surface area (Å²) in [6.07, 6.45) is -5.48. The van der Waals surface area contributed by atoms with Crippen molar-refractivity contribution in [3.8, 4) is 11.5 Å². The maximum atomic E-state index is 14.1. The first-order valence-corrected chi connectivity index (χ1v) is 20.3. The van der Waals surface area contributed by atoms with Crippen molar-refractivity contribution in [2.75, 3.05) is 0 Å². The molecular formula is C43H50O16. The average Bonchev–Trinajstić information content (AvgIpc) is 3.16. The Morgan fingerprint density at radius 1 is 0.763 bits per heavy atom. The number of phenols is 2. The minimum Gasteiger partial charge on any atom is -0.507 e. The number of Topliss-reactive ketones (excluding diaryl/α,β-unsaturated/α-hetero) is 2. The highest BCUT2D eigenvalue weighted by Gasteiger charge is 2.51. The summed E-state index contributed by atoms with van der Waals surface area (Å²) in [4.78, 5) is 64.5. The van der Waals surface area contributed by atoms with Crippen LogP contribution in [0.5, 0.6) is 11.5 Å². The van der Waals surface area contributed by atoms with Gasteiger partial charge in [0.15, 0.2) is 42.0 Å². The Labute approximate surface area is 340 Å². The average molecular weight is 823 g/mol. The lowest BCUT2D eigenvalue weighted by Gasteiger charge is -2.49. The Bertz CT molecular complexity index is 2050. The summed E-state index contributed by atoms with van der Waals surface area (Å²) in [5.74, 6) is -3.54. The smallest absolute Gasteiger partial charge is 0.306 e. The molecule has 8 rings (SSSR count). The highest BCUT2D eigenvalue weighted by Crippen LogP contribution is 2.46. The zero-order valence-electron chi connectivity index (χ0n) is 33.5. The molecule has 5 fully saturated rings. The molecule has 318 valence electrons. The van der Waals surface area contributed by atoms with Crippen LogP contribution < -0.4 is 0 Å². The number of carbonyl (C=O) groups is 5. The quantitative estimate of drug-likeness (QED) is 0.273. The second-order valence-corrected chi connectivity index (χ2v) is 16.8. The summed E-state index contributed by atoms with van der Waals surface area (Å²) in [5, 5.41) is 33.1. The van der Waals surface area contributed by atoms with Crippen molar-refractivity contribution >= 4 is 29.1 Å². The molecular weight excluding hydrogens is 772 g/mol. The molecule has 0 aromatic heterocycles. The predicted molar refractivity (Wildman–Crippen MR) is 201 cm³/mol. The maximum absolute atomic E-state index is 14.1. The number of hydrogen-bond acceptors (Lipinski definition) is 15. The molecule has 0 radical (unpaired) electrons.